The van der Waals surface area contributed by atoms with Crippen molar-refractivity contribution in [3.8, 4) is 0 Å². The third-order valence-electron chi connectivity index (χ3n) is 4.09. The molecule has 28 heavy (non-hydrogen) atoms. The fourth-order valence-electron chi connectivity index (χ4n) is 2.64. The molecule has 0 spiro atoms. The third kappa shape index (κ3) is 4.88. The first kappa shape index (κ1) is 19.4. The lowest BCUT2D eigenvalue weighted by molar-refractivity contribution is 0.102. The minimum atomic E-state index is -1.64. The molecule has 1 aromatic heterocycles. The van der Waals surface area contributed by atoms with Crippen molar-refractivity contribution in [1.29, 1.82) is 0 Å². The Morgan fingerprint density at radius 3 is 2.54 bits per heavy atom. The van der Waals surface area contributed by atoms with Crippen LogP contribution < -0.4 is 10.6 Å². The summed E-state index contributed by atoms with van der Waals surface area (Å²) in [6.45, 7) is 0.692. The number of nitrogens with one attached hydrogen (secondary N) is 2. The zero-order chi connectivity index (χ0) is 19.9. The van der Waals surface area contributed by atoms with Gasteiger partial charge in [-0.2, -0.15) is 0 Å². The summed E-state index contributed by atoms with van der Waals surface area (Å²) >= 11 is 0. The highest BCUT2D eigenvalue weighted by Crippen LogP contribution is 2.20. The van der Waals surface area contributed by atoms with Gasteiger partial charge < -0.3 is 10.6 Å². The largest absolute Gasteiger partial charge is 0.385 e. The minimum Gasteiger partial charge on any atom is -0.385 e. The Morgan fingerprint density at radius 1 is 0.964 bits per heavy atom. The zero-order valence-electron chi connectivity index (χ0n) is 14.9. The molecule has 3 aromatic rings. The Kier molecular flexibility index (Phi) is 6.26. The highest BCUT2D eigenvalue weighted by atomic mass is 19.2. The Balaban J connectivity index is 1.58. The van der Waals surface area contributed by atoms with Crippen LogP contribution in [0.5, 0.6) is 0 Å². The SMILES string of the molecule is O=C(Nc1ccc(F)c(F)c1F)c1cc(NCCCc2ccccc2)ccn1. The van der Waals surface area contributed by atoms with Crippen molar-refractivity contribution < 1.29 is 18.0 Å². The molecule has 144 valence electrons. The van der Waals surface area contributed by atoms with Crippen LogP contribution in [0.15, 0.2) is 60.8 Å². The van der Waals surface area contributed by atoms with E-state index in [1.54, 1.807) is 6.07 Å². The van der Waals surface area contributed by atoms with Crippen molar-refractivity contribution in [2.45, 2.75) is 12.8 Å². The van der Waals surface area contributed by atoms with Crippen LogP contribution in [0.1, 0.15) is 22.5 Å². The summed E-state index contributed by atoms with van der Waals surface area (Å²) in [5, 5.41) is 5.40. The van der Waals surface area contributed by atoms with Gasteiger partial charge in [0.15, 0.2) is 17.5 Å². The number of benzene rings is 2. The van der Waals surface area contributed by atoms with E-state index in [0.717, 1.165) is 25.0 Å². The quantitative estimate of drug-likeness (QED) is 0.454. The standard InChI is InChI=1S/C21H18F3N3O/c22-16-8-9-17(20(24)19(16)23)27-21(28)18-13-15(10-12-26-18)25-11-4-7-14-5-2-1-3-6-14/h1-3,5-6,8-10,12-13H,4,7,11H2,(H,25,26)(H,27,28). The molecule has 2 aromatic carbocycles. The van der Waals surface area contributed by atoms with E-state index in [1.165, 1.54) is 17.8 Å². The van der Waals surface area contributed by atoms with Gasteiger partial charge in [0.1, 0.15) is 5.69 Å². The molecule has 0 bridgehead atoms. The molecule has 7 heteroatoms. The van der Waals surface area contributed by atoms with Gasteiger partial charge in [0.05, 0.1) is 5.69 Å². The molecule has 0 saturated heterocycles. The topological polar surface area (TPSA) is 54.0 Å². The molecule has 3 rings (SSSR count). The molecule has 0 atom stereocenters. The number of hydrogen-bond acceptors (Lipinski definition) is 3. The minimum absolute atomic E-state index is 0.0252. The van der Waals surface area contributed by atoms with Crippen LogP contribution in [0, 0.1) is 17.5 Å². The van der Waals surface area contributed by atoms with Gasteiger partial charge >= 0.3 is 0 Å². The van der Waals surface area contributed by atoms with Crippen molar-refractivity contribution in [1.82, 2.24) is 4.98 Å². The van der Waals surface area contributed by atoms with E-state index in [9.17, 15) is 18.0 Å². The second-order valence-electron chi connectivity index (χ2n) is 6.12. The fraction of sp³-hybridized carbons (Fsp3) is 0.143. The first-order chi connectivity index (χ1) is 13.5. The van der Waals surface area contributed by atoms with Crippen LogP contribution in [0.25, 0.3) is 0 Å². The highest BCUT2D eigenvalue weighted by molar-refractivity contribution is 6.03. The van der Waals surface area contributed by atoms with Gasteiger partial charge in [-0.15, -0.1) is 0 Å². The molecular weight excluding hydrogens is 367 g/mol. The number of aromatic nitrogens is 1. The molecule has 0 radical (unpaired) electrons. The number of pyridine rings is 1. The van der Waals surface area contributed by atoms with Gasteiger partial charge in [0.2, 0.25) is 0 Å². The first-order valence-corrected chi connectivity index (χ1v) is 8.73. The average Bonchev–Trinajstić information content (AvgIpc) is 2.72. The molecule has 1 amide bonds. The molecule has 1 heterocycles. The lowest BCUT2D eigenvalue weighted by Crippen LogP contribution is -2.16. The molecule has 0 aliphatic heterocycles. The average molecular weight is 385 g/mol. The Hall–Kier alpha value is -3.35. The maximum atomic E-state index is 13.7. The predicted molar refractivity (Wildman–Crippen MR) is 102 cm³/mol. The number of carbonyl (C=O) groups excluding carboxylic acids is 1. The summed E-state index contributed by atoms with van der Waals surface area (Å²) in [6.07, 6.45) is 3.26. The number of halogens is 3. The Morgan fingerprint density at radius 2 is 1.75 bits per heavy atom. The van der Waals surface area contributed by atoms with E-state index < -0.39 is 29.0 Å². The number of carbonyl (C=O) groups is 1. The lowest BCUT2D eigenvalue weighted by Gasteiger charge is -2.09. The maximum absolute atomic E-state index is 13.7. The molecule has 4 nitrogen and oxygen atoms in total. The van der Waals surface area contributed by atoms with Crippen LogP contribution in [0.2, 0.25) is 0 Å². The zero-order valence-corrected chi connectivity index (χ0v) is 14.9. The molecule has 0 aliphatic carbocycles. The van der Waals surface area contributed by atoms with Gasteiger partial charge in [-0.3, -0.25) is 9.78 Å². The second-order valence-corrected chi connectivity index (χ2v) is 6.12. The summed E-state index contributed by atoms with van der Waals surface area (Å²) in [7, 11) is 0. The summed E-state index contributed by atoms with van der Waals surface area (Å²) in [4.78, 5) is 16.2. The number of nitrogens with zero attached hydrogens (tertiary/aromatic N) is 1. The number of anilines is 2. The van der Waals surface area contributed by atoms with Crippen molar-refractivity contribution in [2.24, 2.45) is 0 Å². The summed E-state index contributed by atoms with van der Waals surface area (Å²) in [5.41, 5.74) is 1.50. The predicted octanol–water partition coefficient (Wildman–Crippen LogP) is 4.80. The molecule has 0 unspecified atom stereocenters. The molecular formula is C21H18F3N3O. The second kappa shape index (κ2) is 9.03. The van der Waals surface area contributed by atoms with Crippen LogP contribution >= 0.6 is 0 Å². The first-order valence-electron chi connectivity index (χ1n) is 8.73. The summed E-state index contributed by atoms with van der Waals surface area (Å²) in [6, 6.07) is 15.0. The number of hydrogen-bond donors (Lipinski definition) is 2. The van der Waals surface area contributed by atoms with Crippen molar-refractivity contribution >= 4 is 17.3 Å². The third-order valence-corrected chi connectivity index (χ3v) is 4.09. The number of rotatable bonds is 7. The van der Waals surface area contributed by atoms with E-state index in [0.29, 0.717) is 12.2 Å². The van der Waals surface area contributed by atoms with Crippen LogP contribution in [-0.4, -0.2) is 17.4 Å². The number of aryl methyl sites for hydroxylation is 1. The van der Waals surface area contributed by atoms with Crippen LogP contribution in [0.3, 0.4) is 0 Å². The summed E-state index contributed by atoms with van der Waals surface area (Å²) < 4.78 is 40.0. The molecule has 2 N–H and O–H groups in total. The molecule has 0 fully saturated rings. The van der Waals surface area contributed by atoms with Gasteiger partial charge in [-0.1, -0.05) is 30.3 Å². The maximum Gasteiger partial charge on any atom is 0.274 e. The Bertz CT molecular complexity index is 964. The van der Waals surface area contributed by atoms with E-state index in [-0.39, 0.29) is 5.69 Å². The fourth-order valence-corrected chi connectivity index (χ4v) is 2.64. The van der Waals surface area contributed by atoms with Crippen molar-refractivity contribution in [3.63, 3.8) is 0 Å². The van der Waals surface area contributed by atoms with E-state index >= 15 is 0 Å². The van der Waals surface area contributed by atoms with Crippen LogP contribution in [-0.2, 0) is 6.42 Å². The van der Waals surface area contributed by atoms with Gasteiger partial charge in [0.25, 0.3) is 5.91 Å². The van der Waals surface area contributed by atoms with Crippen LogP contribution in [0.4, 0.5) is 24.5 Å². The molecule has 0 saturated carbocycles. The van der Waals surface area contributed by atoms with Gasteiger partial charge in [-0.05, 0) is 42.7 Å². The van der Waals surface area contributed by atoms with E-state index in [2.05, 4.69) is 27.8 Å². The normalized spacial score (nSPS) is 10.5. The van der Waals surface area contributed by atoms with Gasteiger partial charge in [-0.25, -0.2) is 13.2 Å². The number of amides is 1. The van der Waals surface area contributed by atoms with Gasteiger partial charge in [0, 0.05) is 18.4 Å². The summed E-state index contributed by atoms with van der Waals surface area (Å²) in [5.74, 6) is -5.14. The van der Waals surface area contributed by atoms with Crippen molar-refractivity contribution in [3.05, 3.63) is 89.5 Å². The van der Waals surface area contributed by atoms with E-state index in [1.807, 2.05) is 18.2 Å². The van der Waals surface area contributed by atoms with Crippen molar-refractivity contribution in [2.75, 3.05) is 17.2 Å². The monoisotopic (exact) mass is 385 g/mol. The molecule has 0 aliphatic rings. The highest BCUT2D eigenvalue weighted by Gasteiger charge is 2.16. The smallest absolute Gasteiger partial charge is 0.274 e. The Labute approximate surface area is 160 Å². The van der Waals surface area contributed by atoms with E-state index in [4.69, 9.17) is 0 Å². The lowest BCUT2D eigenvalue weighted by atomic mass is 10.1.